The van der Waals surface area contributed by atoms with E-state index >= 15 is 0 Å². The van der Waals surface area contributed by atoms with Gasteiger partial charge in [-0.3, -0.25) is 9.59 Å². The molecule has 3 radical (unpaired) electrons. The Morgan fingerprint density at radius 3 is 1.71 bits per heavy atom. The standard InChI is InChI=1S/C11H21N2O3Si/c1-6-9(14)12(4)11(8(3)16-17)13(5)10(15)7-2/h8,11H,6-7H2,1-5H3. The second kappa shape index (κ2) is 7.44. The van der Waals surface area contributed by atoms with Gasteiger partial charge in [-0.05, 0) is 6.92 Å². The fourth-order valence-corrected chi connectivity index (χ4v) is 1.87. The largest absolute Gasteiger partial charge is 0.412 e. The smallest absolute Gasteiger partial charge is 0.246 e. The van der Waals surface area contributed by atoms with Crippen LogP contribution in [0.3, 0.4) is 0 Å². The van der Waals surface area contributed by atoms with Crippen LogP contribution in [-0.4, -0.2) is 58.5 Å². The highest BCUT2D eigenvalue weighted by molar-refractivity contribution is 5.98. The van der Waals surface area contributed by atoms with Crippen LogP contribution in [0.25, 0.3) is 0 Å². The molecule has 97 valence electrons. The number of hydrogen-bond donors (Lipinski definition) is 0. The van der Waals surface area contributed by atoms with E-state index in [-0.39, 0.29) is 17.9 Å². The molecule has 0 aromatic rings. The zero-order chi connectivity index (χ0) is 13.6. The minimum absolute atomic E-state index is 0.0266. The molecular formula is C11H21N2O3Si. The summed E-state index contributed by atoms with van der Waals surface area (Å²) in [7, 11) is 6.32. The number of nitrogens with zero attached hydrogens (tertiary/aromatic N) is 2. The van der Waals surface area contributed by atoms with Gasteiger partial charge in [-0.1, -0.05) is 13.8 Å². The minimum atomic E-state index is -0.410. The molecule has 0 spiro atoms. The SMILES string of the molecule is CCC(=O)N(C)C(C(C)O[Si])N(C)C(=O)CC. The van der Waals surface area contributed by atoms with Crippen LogP contribution >= 0.6 is 0 Å². The topological polar surface area (TPSA) is 49.9 Å². The van der Waals surface area contributed by atoms with Gasteiger partial charge in [0, 0.05) is 26.9 Å². The summed E-state index contributed by atoms with van der Waals surface area (Å²) in [5, 5.41) is 0. The van der Waals surface area contributed by atoms with E-state index < -0.39 is 6.17 Å². The van der Waals surface area contributed by atoms with E-state index in [9.17, 15) is 9.59 Å². The van der Waals surface area contributed by atoms with Gasteiger partial charge < -0.3 is 14.2 Å². The van der Waals surface area contributed by atoms with Crippen molar-refractivity contribution in [3.8, 4) is 0 Å². The Morgan fingerprint density at radius 1 is 1.12 bits per heavy atom. The first-order valence-electron chi connectivity index (χ1n) is 5.74. The van der Waals surface area contributed by atoms with Gasteiger partial charge in [0.2, 0.25) is 22.3 Å². The first kappa shape index (κ1) is 16.1. The lowest BCUT2D eigenvalue weighted by molar-refractivity contribution is -0.147. The molecule has 1 atom stereocenters. The number of hydrogen-bond acceptors (Lipinski definition) is 3. The van der Waals surface area contributed by atoms with Crippen molar-refractivity contribution in [1.29, 1.82) is 0 Å². The van der Waals surface area contributed by atoms with Gasteiger partial charge in [0.25, 0.3) is 0 Å². The van der Waals surface area contributed by atoms with Gasteiger partial charge >= 0.3 is 0 Å². The zero-order valence-corrected chi connectivity index (χ0v) is 12.2. The summed E-state index contributed by atoms with van der Waals surface area (Å²) >= 11 is 0. The van der Waals surface area contributed by atoms with Crippen LogP contribution in [0.4, 0.5) is 0 Å². The summed E-state index contributed by atoms with van der Waals surface area (Å²) in [6.45, 7) is 5.38. The summed E-state index contributed by atoms with van der Waals surface area (Å²) in [4.78, 5) is 26.5. The molecule has 0 aromatic heterocycles. The molecule has 2 amide bonds. The van der Waals surface area contributed by atoms with E-state index in [0.29, 0.717) is 12.8 Å². The van der Waals surface area contributed by atoms with E-state index in [0.717, 1.165) is 0 Å². The molecule has 0 saturated carbocycles. The highest BCUT2D eigenvalue weighted by Gasteiger charge is 2.30. The predicted octanol–water partition coefficient (Wildman–Crippen LogP) is 0.538. The molecule has 0 heterocycles. The predicted molar refractivity (Wildman–Crippen MR) is 66.2 cm³/mol. The van der Waals surface area contributed by atoms with Crippen LogP contribution < -0.4 is 0 Å². The Bertz CT molecular complexity index is 251. The molecule has 5 nitrogen and oxygen atoms in total. The van der Waals surface area contributed by atoms with Crippen molar-refractivity contribution < 1.29 is 14.0 Å². The third kappa shape index (κ3) is 4.12. The van der Waals surface area contributed by atoms with Crippen molar-refractivity contribution in [3.63, 3.8) is 0 Å². The van der Waals surface area contributed by atoms with Crippen LogP contribution in [0, 0.1) is 0 Å². The molecule has 0 rings (SSSR count). The first-order chi connectivity index (χ1) is 7.90. The Labute approximate surface area is 107 Å². The van der Waals surface area contributed by atoms with Gasteiger partial charge in [-0.25, -0.2) is 0 Å². The summed E-state index contributed by atoms with van der Waals surface area (Å²) in [5.74, 6) is -0.0531. The molecule has 0 N–H and O–H groups in total. The average molecular weight is 257 g/mol. The van der Waals surface area contributed by atoms with Crippen molar-refractivity contribution in [3.05, 3.63) is 0 Å². The fourth-order valence-electron chi connectivity index (χ4n) is 1.74. The van der Waals surface area contributed by atoms with Crippen LogP contribution in [0.2, 0.25) is 0 Å². The zero-order valence-electron chi connectivity index (χ0n) is 11.2. The molecule has 0 aromatic carbocycles. The van der Waals surface area contributed by atoms with Crippen molar-refractivity contribution in [1.82, 2.24) is 9.80 Å². The molecule has 1 unspecified atom stereocenters. The van der Waals surface area contributed by atoms with Gasteiger partial charge in [0.15, 0.2) is 0 Å². The molecule has 6 heteroatoms. The number of carbonyl (C=O) groups excluding carboxylic acids is 2. The molecule has 0 aliphatic carbocycles. The fraction of sp³-hybridized carbons (Fsp3) is 0.818. The second-order valence-electron chi connectivity index (χ2n) is 3.95. The second-order valence-corrected chi connectivity index (χ2v) is 4.19. The van der Waals surface area contributed by atoms with E-state index in [4.69, 9.17) is 4.43 Å². The first-order valence-corrected chi connectivity index (χ1v) is 6.15. The highest BCUT2D eigenvalue weighted by Crippen LogP contribution is 2.12. The summed E-state index contributed by atoms with van der Waals surface area (Å²) in [5.41, 5.74) is 0. The number of likely N-dealkylation sites (N-methyl/N-ethyl adjacent to an activating group) is 2. The number of carbonyl (C=O) groups is 2. The number of amides is 2. The summed E-state index contributed by atoms with van der Waals surface area (Å²) in [6.07, 6.45) is 0.0746. The van der Waals surface area contributed by atoms with Crippen molar-refractivity contribution in [2.45, 2.75) is 45.9 Å². The third-order valence-electron chi connectivity index (χ3n) is 2.79. The van der Waals surface area contributed by atoms with Crippen LogP contribution in [-0.2, 0) is 14.0 Å². The van der Waals surface area contributed by atoms with Crippen molar-refractivity contribution in [2.75, 3.05) is 14.1 Å². The lowest BCUT2D eigenvalue weighted by atomic mass is 10.2. The Morgan fingerprint density at radius 2 is 1.47 bits per heavy atom. The highest BCUT2D eigenvalue weighted by atomic mass is 28.2. The van der Waals surface area contributed by atoms with Crippen LogP contribution in [0.15, 0.2) is 0 Å². The lowest BCUT2D eigenvalue weighted by Crippen LogP contribution is -2.55. The van der Waals surface area contributed by atoms with Gasteiger partial charge in [-0.15, -0.1) is 0 Å². The lowest BCUT2D eigenvalue weighted by Gasteiger charge is -2.38. The van der Waals surface area contributed by atoms with E-state index in [2.05, 4.69) is 10.5 Å². The molecule has 17 heavy (non-hydrogen) atoms. The Hall–Kier alpha value is -0.883. The third-order valence-corrected chi connectivity index (χ3v) is 3.16. The quantitative estimate of drug-likeness (QED) is 0.515. The molecule has 0 fully saturated rings. The monoisotopic (exact) mass is 257 g/mol. The number of rotatable bonds is 6. The summed E-state index contributed by atoms with van der Waals surface area (Å²) < 4.78 is 5.06. The van der Waals surface area contributed by atoms with Crippen LogP contribution in [0.5, 0.6) is 0 Å². The van der Waals surface area contributed by atoms with Crippen molar-refractivity contribution in [2.24, 2.45) is 0 Å². The minimum Gasteiger partial charge on any atom is -0.412 e. The molecule has 0 saturated heterocycles. The van der Waals surface area contributed by atoms with E-state index in [1.165, 1.54) is 0 Å². The molecule has 0 aliphatic rings. The maximum atomic E-state index is 11.7. The molecule has 0 bridgehead atoms. The Kier molecular flexibility index (Phi) is 7.06. The molecular weight excluding hydrogens is 236 g/mol. The van der Waals surface area contributed by atoms with Crippen LogP contribution in [0.1, 0.15) is 33.6 Å². The van der Waals surface area contributed by atoms with Gasteiger partial charge in [0.1, 0.15) is 6.17 Å². The average Bonchev–Trinajstić information content (AvgIpc) is 2.35. The van der Waals surface area contributed by atoms with Gasteiger partial charge in [-0.2, -0.15) is 0 Å². The Balaban J connectivity index is 4.99. The summed E-state index contributed by atoms with van der Waals surface area (Å²) in [6, 6.07) is 0. The maximum absolute atomic E-state index is 11.7. The van der Waals surface area contributed by atoms with Crippen molar-refractivity contribution >= 4 is 22.3 Å². The molecule has 0 aliphatic heterocycles. The van der Waals surface area contributed by atoms with E-state index in [1.54, 1.807) is 44.7 Å². The van der Waals surface area contributed by atoms with E-state index in [1.807, 2.05) is 0 Å². The maximum Gasteiger partial charge on any atom is 0.246 e. The van der Waals surface area contributed by atoms with Gasteiger partial charge in [0.05, 0.1) is 6.10 Å². The normalized spacial score (nSPS) is 12.4.